The van der Waals surface area contributed by atoms with Crippen LogP contribution in [0.3, 0.4) is 0 Å². The summed E-state index contributed by atoms with van der Waals surface area (Å²) in [4.78, 5) is 3.19. The zero-order chi connectivity index (χ0) is 18.1. The molecule has 1 aromatic carbocycles. The number of anilines is 1. The zero-order valence-corrected chi connectivity index (χ0v) is 13.8. The number of aromatic amines is 1. The van der Waals surface area contributed by atoms with E-state index in [1.165, 1.54) is 4.68 Å². The average Bonchev–Trinajstić information content (AvgIpc) is 3.34. The van der Waals surface area contributed by atoms with Gasteiger partial charge in [0.05, 0.1) is 17.6 Å². The molecule has 0 atom stereocenters. The number of nitrogens with zero attached hydrogens (tertiary/aromatic N) is 6. The summed E-state index contributed by atoms with van der Waals surface area (Å²) < 4.78 is 6.02. The number of hydrogen-bond acceptors (Lipinski definition) is 8. The number of H-pyrrole nitrogens is 1. The van der Waals surface area contributed by atoms with Crippen LogP contribution in [0.1, 0.15) is 17.0 Å². The van der Waals surface area contributed by atoms with Crippen LogP contribution in [0.2, 0.25) is 0 Å². The van der Waals surface area contributed by atoms with Gasteiger partial charge < -0.3 is 10.7 Å². The van der Waals surface area contributed by atoms with E-state index in [-0.39, 0.29) is 11.6 Å². The number of rotatable bonds is 5. The fraction of sp³-hybridized carbons (Fsp3) is 0.0625. The monoisotopic (exact) mass is 349 g/mol. The maximum Gasteiger partial charge on any atom is 0.243 e. The van der Waals surface area contributed by atoms with Gasteiger partial charge in [-0.25, -0.2) is 4.63 Å². The number of benzene rings is 1. The lowest BCUT2D eigenvalue weighted by Crippen LogP contribution is -2.07. The fourth-order valence-corrected chi connectivity index (χ4v) is 2.58. The molecule has 26 heavy (non-hydrogen) atoms. The maximum atomic E-state index is 5.69. The van der Waals surface area contributed by atoms with Gasteiger partial charge in [0, 0.05) is 22.7 Å². The van der Waals surface area contributed by atoms with E-state index in [2.05, 4.69) is 47.3 Å². The molecule has 3 aromatic heterocycles. The molecule has 10 heteroatoms. The van der Waals surface area contributed by atoms with E-state index in [9.17, 15) is 0 Å². The summed E-state index contributed by atoms with van der Waals surface area (Å²) in [6.45, 7) is 5.75. The SMILES string of the molecule is C=C(NN=Cc1c[nH]c2ccccc12)c1nnn(-c2nonc2N)c1C. The van der Waals surface area contributed by atoms with Gasteiger partial charge in [-0.3, -0.25) is 5.43 Å². The molecule has 0 bridgehead atoms. The number of nitrogens with two attached hydrogens (primary N) is 1. The van der Waals surface area contributed by atoms with E-state index in [0.29, 0.717) is 17.1 Å². The second-order valence-corrected chi connectivity index (χ2v) is 5.55. The van der Waals surface area contributed by atoms with E-state index in [1.54, 1.807) is 13.1 Å². The quantitative estimate of drug-likeness (QED) is 0.368. The van der Waals surface area contributed by atoms with Crippen LogP contribution in [-0.2, 0) is 0 Å². The number of hydrogen-bond donors (Lipinski definition) is 3. The van der Waals surface area contributed by atoms with Gasteiger partial charge in [-0.1, -0.05) is 30.0 Å². The van der Waals surface area contributed by atoms with Crippen LogP contribution in [0.5, 0.6) is 0 Å². The molecule has 3 heterocycles. The molecular weight excluding hydrogens is 334 g/mol. The van der Waals surface area contributed by atoms with E-state index >= 15 is 0 Å². The first-order chi connectivity index (χ1) is 12.6. The van der Waals surface area contributed by atoms with Gasteiger partial charge in [0.25, 0.3) is 0 Å². The summed E-state index contributed by atoms with van der Waals surface area (Å²) in [6.07, 6.45) is 3.60. The lowest BCUT2D eigenvalue weighted by molar-refractivity contribution is 0.306. The van der Waals surface area contributed by atoms with Crippen molar-refractivity contribution >= 4 is 28.6 Å². The van der Waals surface area contributed by atoms with Gasteiger partial charge in [0.15, 0.2) is 0 Å². The Bertz CT molecular complexity index is 1120. The highest BCUT2D eigenvalue weighted by atomic mass is 16.6. The molecule has 0 saturated heterocycles. The minimum Gasteiger partial charge on any atom is -0.378 e. The molecule has 0 spiro atoms. The van der Waals surface area contributed by atoms with Crippen LogP contribution in [0.15, 0.2) is 46.8 Å². The van der Waals surface area contributed by atoms with Gasteiger partial charge in [0.1, 0.15) is 5.69 Å². The van der Waals surface area contributed by atoms with Crippen molar-refractivity contribution in [1.82, 2.24) is 35.7 Å². The smallest absolute Gasteiger partial charge is 0.243 e. The molecule has 0 aliphatic rings. The highest BCUT2D eigenvalue weighted by Gasteiger charge is 2.17. The summed E-state index contributed by atoms with van der Waals surface area (Å²) in [6, 6.07) is 7.98. The Labute approximate surface area is 147 Å². The van der Waals surface area contributed by atoms with Crippen molar-refractivity contribution in [3.8, 4) is 5.82 Å². The van der Waals surface area contributed by atoms with Crippen LogP contribution in [0.25, 0.3) is 22.4 Å². The van der Waals surface area contributed by atoms with Crippen molar-refractivity contribution in [2.45, 2.75) is 6.92 Å². The molecular formula is C16H15N9O. The molecule has 0 aliphatic heterocycles. The number of fused-ring (bicyclic) bond motifs is 1. The molecule has 4 aromatic rings. The first kappa shape index (κ1) is 15.6. The highest BCUT2D eigenvalue weighted by Crippen LogP contribution is 2.18. The van der Waals surface area contributed by atoms with E-state index < -0.39 is 0 Å². The first-order valence-corrected chi connectivity index (χ1v) is 7.70. The first-order valence-electron chi connectivity index (χ1n) is 7.70. The Morgan fingerprint density at radius 1 is 1.38 bits per heavy atom. The number of nitrogens with one attached hydrogen (secondary N) is 2. The average molecular weight is 349 g/mol. The zero-order valence-electron chi connectivity index (χ0n) is 13.8. The Hall–Kier alpha value is -3.95. The fourth-order valence-electron chi connectivity index (χ4n) is 2.58. The third kappa shape index (κ3) is 2.59. The molecule has 0 unspecified atom stereocenters. The Balaban J connectivity index is 1.52. The number of hydrazone groups is 1. The van der Waals surface area contributed by atoms with Gasteiger partial charge in [-0.2, -0.15) is 9.78 Å². The van der Waals surface area contributed by atoms with Crippen LogP contribution < -0.4 is 11.2 Å². The highest BCUT2D eigenvalue weighted by molar-refractivity contribution is 5.98. The molecule has 130 valence electrons. The van der Waals surface area contributed by atoms with Gasteiger partial charge in [0.2, 0.25) is 11.6 Å². The normalized spacial score (nSPS) is 11.4. The Kier molecular flexibility index (Phi) is 3.69. The standard InChI is InChI=1S/C16H15N9O/c1-9(14-10(2)25(24-21-14)16-15(17)22-26-23-16)20-19-8-11-7-18-13-6-4-3-5-12(11)13/h3-8,18,20H,1H2,2H3,(H2,17,22). The van der Waals surface area contributed by atoms with Gasteiger partial charge >= 0.3 is 0 Å². The van der Waals surface area contributed by atoms with Crippen molar-refractivity contribution in [2.24, 2.45) is 5.10 Å². The summed E-state index contributed by atoms with van der Waals surface area (Å²) in [7, 11) is 0. The van der Waals surface area contributed by atoms with Crippen molar-refractivity contribution < 1.29 is 4.63 Å². The van der Waals surface area contributed by atoms with E-state index in [1.807, 2.05) is 30.5 Å². The summed E-state index contributed by atoms with van der Waals surface area (Å²) in [5, 5.41) is 20.6. The number of aromatic nitrogens is 6. The van der Waals surface area contributed by atoms with Crippen LogP contribution in [-0.4, -0.2) is 36.5 Å². The number of nitrogen functional groups attached to an aromatic ring is 1. The third-order valence-electron chi connectivity index (χ3n) is 3.90. The molecule has 10 nitrogen and oxygen atoms in total. The maximum absolute atomic E-state index is 5.69. The van der Waals surface area contributed by atoms with Gasteiger partial charge in [-0.05, 0) is 23.3 Å². The largest absolute Gasteiger partial charge is 0.378 e. The minimum absolute atomic E-state index is 0.125. The van der Waals surface area contributed by atoms with Crippen molar-refractivity contribution in [2.75, 3.05) is 5.73 Å². The van der Waals surface area contributed by atoms with Crippen molar-refractivity contribution in [3.63, 3.8) is 0 Å². The van der Waals surface area contributed by atoms with Crippen molar-refractivity contribution in [3.05, 3.63) is 54.0 Å². The van der Waals surface area contributed by atoms with Crippen molar-refractivity contribution in [1.29, 1.82) is 0 Å². The lowest BCUT2D eigenvalue weighted by Gasteiger charge is -2.02. The Morgan fingerprint density at radius 2 is 2.23 bits per heavy atom. The Morgan fingerprint density at radius 3 is 3.04 bits per heavy atom. The van der Waals surface area contributed by atoms with Crippen LogP contribution in [0, 0.1) is 6.92 Å². The summed E-state index contributed by atoms with van der Waals surface area (Å²) in [5.41, 5.74) is 12.3. The third-order valence-corrected chi connectivity index (χ3v) is 3.90. The second kappa shape index (κ2) is 6.16. The predicted molar refractivity (Wildman–Crippen MR) is 96.4 cm³/mol. The summed E-state index contributed by atoms with van der Waals surface area (Å²) >= 11 is 0. The van der Waals surface area contributed by atoms with Crippen LogP contribution in [0.4, 0.5) is 5.82 Å². The molecule has 0 radical (unpaired) electrons. The molecule has 0 amide bonds. The molecule has 4 N–H and O–H groups in total. The van der Waals surface area contributed by atoms with Gasteiger partial charge in [-0.15, -0.1) is 5.10 Å². The summed E-state index contributed by atoms with van der Waals surface area (Å²) in [5.74, 6) is 0.400. The lowest BCUT2D eigenvalue weighted by atomic mass is 10.2. The molecule has 0 saturated carbocycles. The predicted octanol–water partition coefficient (Wildman–Crippen LogP) is 1.62. The number of para-hydroxylation sites is 1. The minimum atomic E-state index is 0.125. The topological polar surface area (TPSA) is 136 Å². The second-order valence-electron chi connectivity index (χ2n) is 5.55. The van der Waals surface area contributed by atoms with Crippen LogP contribution >= 0.6 is 0 Å². The van der Waals surface area contributed by atoms with E-state index in [4.69, 9.17) is 5.73 Å². The molecule has 0 fully saturated rings. The van der Waals surface area contributed by atoms with E-state index in [0.717, 1.165) is 16.5 Å². The molecule has 0 aliphatic carbocycles. The molecule has 4 rings (SSSR count).